The van der Waals surface area contributed by atoms with Crippen LogP contribution in [0.5, 0.6) is 5.75 Å². The third-order valence-corrected chi connectivity index (χ3v) is 2.81. The van der Waals surface area contributed by atoms with Crippen LogP contribution in [0.4, 0.5) is 0 Å². The summed E-state index contributed by atoms with van der Waals surface area (Å²) in [6, 6.07) is 6.68. The maximum Gasteiger partial charge on any atom is 0.124 e. The second-order valence-corrected chi connectivity index (χ2v) is 4.35. The molecule has 0 radical (unpaired) electrons. The molecule has 1 N–H and O–H groups in total. The van der Waals surface area contributed by atoms with E-state index >= 15 is 0 Å². The molecule has 1 atom stereocenters. The number of aryl methyl sites for hydroxylation is 1. The molecular weight excluding hydrogens is 222 g/mol. The lowest BCUT2D eigenvalue weighted by Crippen LogP contribution is -2.18. The quantitative estimate of drug-likeness (QED) is 0.612. The number of hydrogen-bond donors (Lipinski definition) is 1. The van der Waals surface area contributed by atoms with E-state index in [-0.39, 0.29) is 0 Å². The van der Waals surface area contributed by atoms with Gasteiger partial charge in [0.15, 0.2) is 0 Å². The van der Waals surface area contributed by atoms with Crippen LogP contribution < -0.4 is 10.1 Å². The minimum atomic E-state index is 0.308. The van der Waals surface area contributed by atoms with Crippen LogP contribution >= 0.6 is 0 Å². The lowest BCUT2D eigenvalue weighted by atomic mass is 10.0. The van der Waals surface area contributed by atoms with Crippen molar-refractivity contribution in [3.63, 3.8) is 0 Å². The van der Waals surface area contributed by atoms with Gasteiger partial charge in [-0.3, -0.25) is 0 Å². The highest BCUT2D eigenvalue weighted by Crippen LogP contribution is 2.26. The summed E-state index contributed by atoms with van der Waals surface area (Å²) in [4.78, 5) is 0. The molecule has 1 unspecified atom stereocenters. The Balaban J connectivity index is 2.78. The molecule has 2 nitrogen and oxygen atoms in total. The fourth-order valence-electron chi connectivity index (χ4n) is 1.88. The minimum Gasteiger partial charge on any atom is -0.492 e. The Kier molecular flexibility index (Phi) is 6.32. The van der Waals surface area contributed by atoms with E-state index in [4.69, 9.17) is 4.74 Å². The predicted octanol–water partition coefficient (Wildman–Crippen LogP) is 3.46. The van der Waals surface area contributed by atoms with Gasteiger partial charge in [-0.15, -0.1) is 11.8 Å². The van der Waals surface area contributed by atoms with Gasteiger partial charge >= 0.3 is 0 Å². The van der Waals surface area contributed by atoms with Gasteiger partial charge in [0.1, 0.15) is 5.75 Å². The fourth-order valence-corrected chi connectivity index (χ4v) is 1.88. The average molecular weight is 245 g/mol. The second-order valence-electron chi connectivity index (χ2n) is 4.35. The van der Waals surface area contributed by atoms with E-state index in [2.05, 4.69) is 56.1 Å². The first kappa shape index (κ1) is 14.6. The lowest BCUT2D eigenvalue weighted by molar-refractivity contribution is 0.320. The van der Waals surface area contributed by atoms with Crippen molar-refractivity contribution in [3.05, 3.63) is 29.3 Å². The minimum absolute atomic E-state index is 0.308. The van der Waals surface area contributed by atoms with Crippen molar-refractivity contribution in [2.24, 2.45) is 0 Å². The highest BCUT2D eigenvalue weighted by Gasteiger charge is 2.10. The Morgan fingerprint density at radius 1 is 1.39 bits per heavy atom. The van der Waals surface area contributed by atoms with Crippen molar-refractivity contribution >= 4 is 0 Å². The molecule has 0 aromatic heterocycles. The topological polar surface area (TPSA) is 21.3 Å². The van der Waals surface area contributed by atoms with Crippen LogP contribution in [0, 0.1) is 18.8 Å². The number of benzene rings is 1. The maximum atomic E-state index is 5.85. The van der Waals surface area contributed by atoms with Crippen LogP contribution in [0.3, 0.4) is 0 Å². The summed E-state index contributed by atoms with van der Waals surface area (Å²) >= 11 is 0. The first-order chi connectivity index (χ1) is 8.69. The largest absolute Gasteiger partial charge is 0.492 e. The van der Waals surface area contributed by atoms with Gasteiger partial charge in [0, 0.05) is 18.0 Å². The molecule has 1 aromatic carbocycles. The van der Waals surface area contributed by atoms with Crippen LogP contribution in [0.1, 0.15) is 44.4 Å². The first-order valence-corrected chi connectivity index (χ1v) is 6.55. The maximum absolute atomic E-state index is 5.85. The molecule has 0 heterocycles. The highest BCUT2D eigenvalue weighted by molar-refractivity contribution is 5.39. The Labute approximate surface area is 111 Å². The summed E-state index contributed by atoms with van der Waals surface area (Å²) in [5.74, 6) is 6.87. The molecule has 0 saturated carbocycles. The predicted molar refractivity (Wildman–Crippen MR) is 76.8 cm³/mol. The van der Waals surface area contributed by atoms with Gasteiger partial charge in [-0.05, 0) is 38.9 Å². The highest BCUT2D eigenvalue weighted by atomic mass is 16.5. The van der Waals surface area contributed by atoms with Gasteiger partial charge in [-0.25, -0.2) is 0 Å². The number of rotatable bonds is 6. The average Bonchev–Trinajstić information content (AvgIpc) is 2.35. The van der Waals surface area contributed by atoms with E-state index in [0.717, 1.165) is 18.7 Å². The van der Waals surface area contributed by atoms with E-state index in [1.54, 1.807) is 0 Å². The van der Waals surface area contributed by atoms with Crippen molar-refractivity contribution in [3.8, 4) is 17.6 Å². The summed E-state index contributed by atoms with van der Waals surface area (Å²) in [5.41, 5.74) is 2.44. The SMILES string of the molecule is CC#CCCOc1cc(C)ccc1C(C)NCC. The monoisotopic (exact) mass is 245 g/mol. The molecule has 2 heteroatoms. The summed E-state index contributed by atoms with van der Waals surface area (Å²) in [6.07, 6.45) is 0.777. The van der Waals surface area contributed by atoms with Crippen molar-refractivity contribution in [1.29, 1.82) is 0 Å². The van der Waals surface area contributed by atoms with Gasteiger partial charge < -0.3 is 10.1 Å². The van der Waals surface area contributed by atoms with Crippen LogP contribution in [-0.4, -0.2) is 13.2 Å². The third kappa shape index (κ3) is 4.43. The molecule has 98 valence electrons. The molecule has 18 heavy (non-hydrogen) atoms. The molecule has 0 aliphatic heterocycles. The second kappa shape index (κ2) is 7.79. The molecule has 1 aromatic rings. The summed E-state index contributed by atoms with van der Waals surface area (Å²) < 4.78 is 5.85. The van der Waals surface area contributed by atoms with E-state index < -0.39 is 0 Å². The summed E-state index contributed by atoms with van der Waals surface area (Å²) in [6.45, 7) is 9.81. The fraction of sp³-hybridized carbons (Fsp3) is 0.500. The molecule has 0 spiro atoms. The number of hydrogen-bond acceptors (Lipinski definition) is 2. The Hall–Kier alpha value is -1.46. The van der Waals surface area contributed by atoms with E-state index in [1.165, 1.54) is 11.1 Å². The van der Waals surface area contributed by atoms with Gasteiger partial charge in [0.05, 0.1) is 6.61 Å². The zero-order valence-corrected chi connectivity index (χ0v) is 11.8. The molecule has 0 amide bonds. The van der Waals surface area contributed by atoms with Crippen LogP contribution in [-0.2, 0) is 0 Å². The summed E-state index contributed by atoms with van der Waals surface area (Å²) in [7, 11) is 0. The van der Waals surface area contributed by atoms with Gasteiger partial charge in [0.2, 0.25) is 0 Å². The molecule has 0 fully saturated rings. The van der Waals surface area contributed by atoms with Crippen molar-refractivity contribution in [2.45, 2.75) is 40.2 Å². The van der Waals surface area contributed by atoms with E-state index in [9.17, 15) is 0 Å². The molecule has 1 rings (SSSR count). The zero-order chi connectivity index (χ0) is 13.4. The molecule has 0 bridgehead atoms. The zero-order valence-electron chi connectivity index (χ0n) is 11.8. The third-order valence-electron chi connectivity index (χ3n) is 2.81. The number of ether oxygens (including phenoxy) is 1. The Bertz CT molecular complexity index is 428. The summed E-state index contributed by atoms with van der Waals surface area (Å²) in [5, 5.41) is 3.42. The smallest absolute Gasteiger partial charge is 0.124 e. The van der Waals surface area contributed by atoms with Crippen LogP contribution in [0.2, 0.25) is 0 Å². The van der Waals surface area contributed by atoms with E-state index in [1.807, 2.05) is 6.92 Å². The molecule has 0 aliphatic carbocycles. The van der Waals surface area contributed by atoms with Gasteiger partial charge in [-0.1, -0.05) is 19.1 Å². The normalized spacial score (nSPS) is 11.6. The standard InChI is InChI=1S/C16H23NO/c1-5-7-8-11-18-16-12-13(3)9-10-15(16)14(4)17-6-2/h9-10,12,14,17H,6,8,11H2,1-4H3. The Morgan fingerprint density at radius 2 is 2.17 bits per heavy atom. The van der Waals surface area contributed by atoms with Crippen molar-refractivity contribution in [1.82, 2.24) is 5.32 Å². The van der Waals surface area contributed by atoms with Gasteiger partial charge in [0.25, 0.3) is 0 Å². The molecular formula is C16H23NO. The number of nitrogens with one attached hydrogen (secondary N) is 1. The van der Waals surface area contributed by atoms with Crippen molar-refractivity contribution < 1.29 is 4.74 Å². The van der Waals surface area contributed by atoms with Crippen molar-refractivity contribution in [2.75, 3.05) is 13.2 Å². The lowest BCUT2D eigenvalue weighted by Gasteiger charge is -2.18. The molecule has 0 saturated heterocycles. The van der Waals surface area contributed by atoms with Crippen LogP contribution in [0.15, 0.2) is 18.2 Å². The van der Waals surface area contributed by atoms with E-state index in [0.29, 0.717) is 12.6 Å². The van der Waals surface area contributed by atoms with Gasteiger partial charge in [-0.2, -0.15) is 0 Å². The molecule has 0 aliphatic rings. The van der Waals surface area contributed by atoms with Crippen LogP contribution in [0.25, 0.3) is 0 Å². The Morgan fingerprint density at radius 3 is 2.83 bits per heavy atom. The first-order valence-electron chi connectivity index (χ1n) is 6.55.